The number of rotatable bonds is 4. The number of nitrogens with one attached hydrogen (secondary N) is 2. The molecule has 3 rings (SSSR count). The Morgan fingerprint density at radius 3 is 2.72 bits per heavy atom. The van der Waals surface area contributed by atoms with Gasteiger partial charge in [0.2, 0.25) is 0 Å². The topological polar surface area (TPSA) is 66.0 Å². The molecule has 2 N–H and O–H groups in total. The summed E-state index contributed by atoms with van der Waals surface area (Å²) >= 11 is 2.10. The number of hydrogen-bond donors (Lipinski definition) is 2. The molecule has 0 unspecified atom stereocenters. The van der Waals surface area contributed by atoms with E-state index in [-0.39, 0.29) is 5.41 Å². The van der Waals surface area contributed by atoms with Crippen LogP contribution in [0.15, 0.2) is 35.3 Å². The van der Waals surface area contributed by atoms with Crippen molar-refractivity contribution in [3.05, 3.63) is 41.5 Å². The van der Waals surface area contributed by atoms with Gasteiger partial charge in [-0.15, -0.1) is 0 Å². The van der Waals surface area contributed by atoms with E-state index in [2.05, 4.69) is 99.0 Å². The Morgan fingerprint density at radius 2 is 2.04 bits per heavy atom. The summed E-state index contributed by atoms with van der Waals surface area (Å²) in [5.74, 6) is 1.54. The van der Waals surface area contributed by atoms with Crippen LogP contribution in [0, 0.1) is 0 Å². The van der Waals surface area contributed by atoms with Crippen molar-refractivity contribution in [3.8, 4) is 11.4 Å². The van der Waals surface area contributed by atoms with Crippen LogP contribution in [-0.2, 0) is 12.0 Å². The molecule has 0 aliphatic heterocycles. The molecule has 130 valence electrons. The van der Waals surface area contributed by atoms with Gasteiger partial charge in [0.15, 0.2) is 11.5 Å². The monoisotopic (exact) mass is 447 g/mol. The first kappa shape index (κ1) is 18.0. The summed E-state index contributed by atoms with van der Waals surface area (Å²) in [6.07, 6.45) is 0. The Bertz CT molecular complexity index is 921. The van der Waals surface area contributed by atoms with E-state index in [1.54, 1.807) is 4.22 Å². The normalized spacial score (nSPS) is 12.4. The third-order valence-corrected chi connectivity index (χ3v) is 4.35. The number of H-pyrrole nitrogens is 1. The minimum Gasteiger partial charge on any atom is -0.337 e. The second-order valence-corrected chi connectivity index (χ2v) is 7.57. The van der Waals surface area contributed by atoms with Crippen molar-refractivity contribution in [1.29, 1.82) is 0 Å². The van der Waals surface area contributed by atoms with Crippen LogP contribution in [0.1, 0.15) is 31.9 Å². The Hall–Kier alpha value is -1.80. The largest absolute Gasteiger partial charge is 0.337 e. The molecule has 0 aliphatic carbocycles. The van der Waals surface area contributed by atoms with Crippen LogP contribution in [0.2, 0.25) is 0 Å². The molecule has 0 radical (unpaired) electrons. The number of nitrogens with zero attached hydrogens (tertiary/aromatic N) is 3. The van der Waals surface area contributed by atoms with Crippen molar-refractivity contribution in [3.63, 3.8) is 0 Å². The van der Waals surface area contributed by atoms with Gasteiger partial charge in [0.05, 0.1) is 9.74 Å². The molecule has 0 saturated heterocycles. The van der Waals surface area contributed by atoms with Gasteiger partial charge in [-0.1, -0.05) is 39.0 Å². The predicted octanol–water partition coefficient (Wildman–Crippen LogP) is 4.74. The molecule has 25 heavy (non-hydrogen) atoms. The summed E-state index contributed by atoms with van der Waals surface area (Å²) in [6.45, 7) is 7.35. The molecule has 2 heterocycles. The maximum absolute atomic E-state index is 4.69. The Balaban J connectivity index is 2.10. The zero-order chi connectivity index (χ0) is 18.0. The van der Waals surface area contributed by atoms with Crippen LogP contribution < -0.4 is 5.32 Å². The first-order valence-corrected chi connectivity index (χ1v) is 9.45. The molecule has 0 fully saturated rings. The molecule has 1 aromatic carbocycles. The van der Waals surface area contributed by atoms with Crippen molar-refractivity contribution < 1.29 is 0 Å². The van der Waals surface area contributed by atoms with E-state index in [1.165, 1.54) is 5.56 Å². The van der Waals surface area contributed by atoms with Gasteiger partial charge in [0.1, 0.15) is 5.82 Å². The maximum Gasteiger partial charge on any atom is 0.180 e. The lowest BCUT2D eigenvalue weighted by atomic mass is 9.86. The first-order chi connectivity index (χ1) is 11.9. The summed E-state index contributed by atoms with van der Waals surface area (Å²) in [7, 11) is 1.91. The number of aromatic nitrogens is 3. The number of aliphatic imine (C=N–C) groups is 1. The fourth-order valence-corrected chi connectivity index (χ4v) is 2.99. The third kappa shape index (κ3) is 3.90. The van der Waals surface area contributed by atoms with Crippen LogP contribution in [-0.4, -0.2) is 26.2 Å². The van der Waals surface area contributed by atoms with Crippen molar-refractivity contribution in [2.45, 2.75) is 32.7 Å². The van der Waals surface area contributed by atoms with Crippen molar-refractivity contribution in [2.75, 3.05) is 7.05 Å². The lowest BCUT2D eigenvalue weighted by Gasteiger charge is -2.19. The van der Waals surface area contributed by atoms with Gasteiger partial charge >= 0.3 is 0 Å². The molecule has 0 atom stereocenters. The SMILES string of the molecule is CNCc1cc2[nH]c(-c3cccc(C(C)(C)C)c3)nc2nc1N=CI. The highest BCUT2D eigenvalue weighted by Gasteiger charge is 2.16. The molecule has 5 nitrogen and oxygen atoms in total. The molecule has 0 saturated carbocycles. The number of hydrogen-bond acceptors (Lipinski definition) is 4. The number of pyridine rings is 1. The van der Waals surface area contributed by atoms with E-state index in [4.69, 9.17) is 0 Å². The van der Waals surface area contributed by atoms with Crippen molar-refractivity contribution in [1.82, 2.24) is 20.3 Å². The highest BCUT2D eigenvalue weighted by molar-refractivity contribution is 14.1. The van der Waals surface area contributed by atoms with Gasteiger partial charge in [0, 0.05) is 17.7 Å². The van der Waals surface area contributed by atoms with Crippen LogP contribution in [0.5, 0.6) is 0 Å². The van der Waals surface area contributed by atoms with Crippen LogP contribution in [0.25, 0.3) is 22.6 Å². The quantitative estimate of drug-likeness (QED) is 0.449. The van der Waals surface area contributed by atoms with E-state index in [1.807, 2.05) is 7.05 Å². The van der Waals surface area contributed by atoms with E-state index in [0.29, 0.717) is 18.0 Å². The minimum atomic E-state index is 0.0996. The summed E-state index contributed by atoms with van der Waals surface area (Å²) < 4.78 is 1.73. The number of aromatic amines is 1. The second kappa shape index (κ2) is 7.21. The summed E-state index contributed by atoms with van der Waals surface area (Å²) in [4.78, 5) is 17.1. The predicted molar refractivity (Wildman–Crippen MR) is 113 cm³/mol. The highest BCUT2D eigenvalue weighted by atomic mass is 127. The van der Waals surface area contributed by atoms with Crippen LogP contribution in [0.3, 0.4) is 0 Å². The number of imidazole rings is 1. The van der Waals surface area contributed by atoms with Gasteiger partial charge in [0.25, 0.3) is 0 Å². The lowest BCUT2D eigenvalue weighted by Crippen LogP contribution is -2.10. The van der Waals surface area contributed by atoms with Crippen LogP contribution in [0.4, 0.5) is 5.82 Å². The zero-order valence-corrected chi connectivity index (χ0v) is 17.0. The molecule has 0 bridgehead atoms. The van der Waals surface area contributed by atoms with E-state index in [0.717, 1.165) is 22.5 Å². The van der Waals surface area contributed by atoms with E-state index in [9.17, 15) is 0 Å². The van der Waals surface area contributed by atoms with E-state index < -0.39 is 0 Å². The summed E-state index contributed by atoms with van der Waals surface area (Å²) in [6, 6.07) is 10.6. The minimum absolute atomic E-state index is 0.0996. The third-order valence-electron chi connectivity index (χ3n) is 4.07. The van der Waals surface area contributed by atoms with Crippen molar-refractivity contribution in [2.24, 2.45) is 4.99 Å². The maximum atomic E-state index is 4.69. The van der Waals surface area contributed by atoms with Crippen LogP contribution >= 0.6 is 22.6 Å². The van der Waals surface area contributed by atoms with Gasteiger partial charge < -0.3 is 10.3 Å². The highest BCUT2D eigenvalue weighted by Crippen LogP contribution is 2.28. The van der Waals surface area contributed by atoms with Gasteiger partial charge in [-0.2, -0.15) is 0 Å². The lowest BCUT2D eigenvalue weighted by molar-refractivity contribution is 0.590. The first-order valence-electron chi connectivity index (χ1n) is 8.20. The number of benzene rings is 1. The summed E-state index contributed by atoms with van der Waals surface area (Å²) in [5, 5.41) is 3.16. The van der Waals surface area contributed by atoms with Gasteiger partial charge in [-0.25, -0.2) is 15.0 Å². The average molecular weight is 447 g/mol. The van der Waals surface area contributed by atoms with E-state index >= 15 is 0 Å². The molecule has 6 heteroatoms. The number of fused-ring (bicyclic) bond motifs is 1. The average Bonchev–Trinajstić information content (AvgIpc) is 2.98. The molecule has 0 amide bonds. The Labute approximate surface area is 161 Å². The molecule has 0 spiro atoms. The molecule has 2 aromatic heterocycles. The van der Waals surface area contributed by atoms with Gasteiger partial charge in [-0.05, 0) is 52.7 Å². The fraction of sp³-hybridized carbons (Fsp3) is 0.316. The second-order valence-electron chi connectivity index (χ2n) is 7.02. The number of halogens is 1. The fourth-order valence-electron chi connectivity index (χ4n) is 2.72. The standard InChI is InChI=1S/C19H22IN5/c1-19(2,3)14-7-5-6-12(8-14)17-23-15-9-13(10-21-4)16(22-11-20)24-18(15)25-17/h5-9,11,21H,10H2,1-4H3,(H,23,24,25). The zero-order valence-electron chi connectivity index (χ0n) is 14.9. The summed E-state index contributed by atoms with van der Waals surface area (Å²) in [5.41, 5.74) is 5.11. The molecule has 3 aromatic rings. The molecular weight excluding hydrogens is 425 g/mol. The smallest absolute Gasteiger partial charge is 0.180 e. The van der Waals surface area contributed by atoms with Crippen molar-refractivity contribution >= 4 is 43.8 Å². The Morgan fingerprint density at radius 1 is 1.24 bits per heavy atom. The molecular formula is C19H22IN5. The molecule has 0 aliphatic rings. The van der Waals surface area contributed by atoms with Gasteiger partial charge in [-0.3, -0.25) is 0 Å². The Kier molecular flexibility index (Phi) is 5.19.